The van der Waals surface area contributed by atoms with Gasteiger partial charge in [0.1, 0.15) is 0 Å². The van der Waals surface area contributed by atoms with E-state index < -0.39 is 12.6 Å². The number of ether oxygens (including phenoxy) is 1. The van der Waals surface area contributed by atoms with Crippen LogP contribution in [0.4, 0.5) is 4.39 Å². The van der Waals surface area contributed by atoms with Crippen LogP contribution in [0.2, 0.25) is 0 Å². The Labute approximate surface area is 93.9 Å². The fourth-order valence-corrected chi connectivity index (χ4v) is 1.17. The van der Waals surface area contributed by atoms with E-state index in [1.807, 2.05) is 0 Å². The average molecular weight is 226 g/mol. The number of carbonyl (C=O) groups is 1. The van der Waals surface area contributed by atoms with Crippen molar-refractivity contribution in [3.8, 4) is 0 Å². The Bertz CT molecular complexity index is 335. The minimum atomic E-state index is -0.946. The van der Waals surface area contributed by atoms with Gasteiger partial charge in [-0.1, -0.05) is 19.1 Å². The maximum absolute atomic E-state index is 12.1. The summed E-state index contributed by atoms with van der Waals surface area (Å²) in [6.45, 7) is 2.13. The molecule has 0 saturated heterocycles. The van der Waals surface area contributed by atoms with E-state index >= 15 is 0 Å². The fourth-order valence-electron chi connectivity index (χ4n) is 1.17. The second kappa shape index (κ2) is 6.23. The summed E-state index contributed by atoms with van der Waals surface area (Å²) in [5, 5.41) is 8.68. The molecule has 0 fully saturated rings. The van der Waals surface area contributed by atoms with Crippen molar-refractivity contribution in [3.05, 3.63) is 35.4 Å². The lowest BCUT2D eigenvalue weighted by Gasteiger charge is -2.08. The van der Waals surface area contributed by atoms with Crippen molar-refractivity contribution in [3.63, 3.8) is 0 Å². The summed E-state index contributed by atoms with van der Waals surface area (Å²) in [5.74, 6) is -1.04. The second-order valence-corrected chi connectivity index (χ2v) is 3.78. The van der Waals surface area contributed by atoms with Gasteiger partial charge in [-0.2, -0.15) is 0 Å². The molecule has 1 unspecified atom stereocenters. The van der Waals surface area contributed by atoms with Crippen molar-refractivity contribution in [2.24, 2.45) is 5.92 Å². The molecule has 0 heterocycles. The predicted molar refractivity (Wildman–Crippen MR) is 58.2 cm³/mol. The van der Waals surface area contributed by atoms with Gasteiger partial charge in [0.15, 0.2) is 0 Å². The molecule has 1 rings (SSSR count). The summed E-state index contributed by atoms with van der Waals surface area (Å²) in [6.07, 6.45) is 0. The van der Waals surface area contributed by atoms with E-state index in [0.29, 0.717) is 13.2 Å². The van der Waals surface area contributed by atoms with Crippen molar-refractivity contribution in [1.29, 1.82) is 0 Å². The normalized spacial score (nSPS) is 12.4. The molecule has 1 aromatic rings. The van der Waals surface area contributed by atoms with Crippen LogP contribution in [0.15, 0.2) is 24.3 Å². The number of aromatic carboxylic acids is 1. The highest BCUT2D eigenvalue weighted by Crippen LogP contribution is 2.07. The molecule has 0 aliphatic carbocycles. The number of hydrogen-bond acceptors (Lipinski definition) is 2. The van der Waals surface area contributed by atoms with Gasteiger partial charge in [0.05, 0.1) is 25.5 Å². The molecular formula is C12H15FO3. The Hall–Kier alpha value is -1.42. The van der Waals surface area contributed by atoms with Crippen LogP contribution in [0.3, 0.4) is 0 Å². The molecule has 0 saturated carbocycles. The van der Waals surface area contributed by atoms with Crippen molar-refractivity contribution < 1.29 is 19.0 Å². The highest BCUT2D eigenvalue weighted by Gasteiger charge is 2.03. The van der Waals surface area contributed by atoms with Crippen LogP contribution in [-0.2, 0) is 11.3 Å². The first-order chi connectivity index (χ1) is 7.63. The Kier molecular flexibility index (Phi) is 4.92. The van der Waals surface area contributed by atoms with E-state index in [0.717, 1.165) is 5.56 Å². The summed E-state index contributed by atoms with van der Waals surface area (Å²) in [5.41, 5.74) is 1.14. The zero-order valence-corrected chi connectivity index (χ0v) is 9.15. The number of carboxylic acid groups (broad SMARTS) is 1. The van der Waals surface area contributed by atoms with Gasteiger partial charge in [0.2, 0.25) is 0 Å². The van der Waals surface area contributed by atoms with Gasteiger partial charge in [0.25, 0.3) is 0 Å². The number of benzene rings is 1. The lowest BCUT2D eigenvalue weighted by Crippen LogP contribution is -2.07. The van der Waals surface area contributed by atoms with Crippen molar-refractivity contribution >= 4 is 5.97 Å². The van der Waals surface area contributed by atoms with Crippen molar-refractivity contribution in [1.82, 2.24) is 0 Å². The van der Waals surface area contributed by atoms with Crippen LogP contribution in [0.25, 0.3) is 0 Å². The van der Waals surface area contributed by atoms with Crippen LogP contribution in [0, 0.1) is 5.92 Å². The number of alkyl halides is 1. The highest BCUT2D eigenvalue weighted by atomic mass is 19.1. The Morgan fingerprint density at radius 2 is 2.06 bits per heavy atom. The summed E-state index contributed by atoms with van der Waals surface area (Å²) < 4.78 is 17.4. The molecule has 1 aromatic carbocycles. The molecule has 0 aliphatic heterocycles. The number of hydrogen-bond donors (Lipinski definition) is 1. The third-order valence-electron chi connectivity index (χ3n) is 2.14. The van der Waals surface area contributed by atoms with Gasteiger partial charge in [-0.05, 0) is 17.7 Å². The Morgan fingerprint density at radius 1 is 1.44 bits per heavy atom. The first kappa shape index (κ1) is 12.6. The molecule has 0 aromatic heterocycles. The average Bonchev–Trinajstić information content (AvgIpc) is 2.29. The molecule has 0 amide bonds. The molecule has 88 valence electrons. The monoisotopic (exact) mass is 226 g/mol. The molecule has 0 aliphatic rings. The van der Waals surface area contributed by atoms with Gasteiger partial charge in [-0.3, -0.25) is 4.39 Å². The van der Waals surface area contributed by atoms with Gasteiger partial charge < -0.3 is 9.84 Å². The first-order valence-electron chi connectivity index (χ1n) is 5.09. The van der Waals surface area contributed by atoms with Crippen molar-refractivity contribution in [2.45, 2.75) is 13.5 Å². The molecular weight excluding hydrogens is 211 g/mol. The van der Waals surface area contributed by atoms with Crippen LogP contribution in [-0.4, -0.2) is 24.4 Å². The molecule has 3 nitrogen and oxygen atoms in total. The Balaban J connectivity index is 2.40. The predicted octanol–water partition coefficient (Wildman–Crippen LogP) is 2.51. The smallest absolute Gasteiger partial charge is 0.335 e. The number of halogens is 1. The first-order valence-corrected chi connectivity index (χ1v) is 5.09. The highest BCUT2D eigenvalue weighted by molar-refractivity contribution is 5.87. The third kappa shape index (κ3) is 3.98. The van der Waals surface area contributed by atoms with E-state index in [1.54, 1.807) is 19.1 Å². The van der Waals surface area contributed by atoms with Crippen LogP contribution in [0.1, 0.15) is 22.8 Å². The van der Waals surface area contributed by atoms with E-state index in [4.69, 9.17) is 9.84 Å². The van der Waals surface area contributed by atoms with Crippen LogP contribution in [0.5, 0.6) is 0 Å². The molecule has 0 bridgehead atoms. The lowest BCUT2D eigenvalue weighted by molar-refractivity contribution is 0.0696. The molecule has 4 heteroatoms. The topological polar surface area (TPSA) is 46.5 Å². The van der Waals surface area contributed by atoms with Crippen LogP contribution >= 0.6 is 0 Å². The second-order valence-electron chi connectivity index (χ2n) is 3.78. The third-order valence-corrected chi connectivity index (χ3v) is 2.14. The standard InChI is InChI=1S/C12H15FO3/c1-9(6-13)7-16-8-10-2-4-11(5-3-10)12(14)15/h2-5,9H,6-8H2,1H3,(H,14,15). The van der Waals surface area contributed by atoms with Gasteiger partial charge in [0, 0.05) is 5.92 Å². The zero-order chi connectivity index (χ0) is 12.0. The van der Waals surface area contributed by atoms with Gasteiger partial charge >= 0.3 is 5.97 Å². The Morgan fingerprint density at radius 3 is 2.56 bits per heavy atom. The van der Waals surface area contributed by atoms with Gasteiger partial charge in [-0.25, -0.2) is 4.79 Å². The summed E-state index contributed by atoms with van der Waals surface area (Å²) in [6, 6.07) is 6.45. The summed E-state index contributed by atoms with van der Waals surface area (Å²) in [7, 11) is 0. The zero-order valence-electron chi connectivity index (χ0n) is 9.15. The summed E-state index contributed by atoms with van der Waals surface area (Å²) >= 11 is 0. The minimum absolute atomic E-state index is 0.0988. The van der Waals surface area contributed by atoms with E-state index in [1.165, 1.54) is 12.1 Å². The molecule has 1 N–H and O–H groups in total. The van der Waals surface area contributed by atoms with E-state index in [2.05, 4.69) is 0 Å². The van der Waals surface area contributed by atoms with Gasteiger partial charge in [-0.15, -0.1) is 0 Å². The number of rotatable bonds is 6. The molecule has 0 radical (unpaired) electrons. The maximum Gasteiger partial charge on any atom is 0.335 e. The molecule has 1 atom stereocenters. The lowest BCUT2D eigenvalue weighted by atomic mass is 10.1. The largest absolute Gasteiger partial charge is 0.478 e. The number of carboxylic acids is 1. The summed E-state index contributed by atoms with van der Waals surface area (Å²) in [4.78, 5) is 10.6. The fraction of sp³-hybridized carbons (Fsp3) is 0.417. The van der Waals surface area contributed by atoms with E-state index in [9.17, 15) is 9.18 Å². The van der Waals surface area contributed by atoms with Crippen molar-refractivity contribution in [2.75, 3.05) is 13.3 Å². The molecule has 16 heavy (non-hydrogen) atoms. The maximum atomic E-state index is 12.1. The minimum Gasteiger partial charge on any atom is -0.478 e. The van der Waals surface area contributed by atoms with E-state index in [-0.39, 0.29) is 11.5 Å². The molecule has 0 spiro atoms. The SMILES string of the molecule is CC(CF)COCc1ccc(C(=O)O)cc1. The van der Waals surface area contributed by atoms with Crippen LogP contribution < -0.4 is 0 Å². The quantitative estimate of drug-likeness (QED) is 0.810.